The first kappa shape index (κ1) is 18.1. The fourth-order valence-corrected chi connectivity index (χ4v) is 4.32. The van der Waals surface area contributed by atoms with E-state index in [0.717, 1.165) is 25.9 Å². The van der Waals surface area contributed by atoms with Gasteiger partial charge in [0.2, 0.25) is 5.91 Å². The van der Waals surface area contributed by atoms with E-state index < -0.39 is 0 Å². The number of nitrogens with zero attached hydrogens (tertiary/aromatic N) is 5. The monoisotopic (exact) mass is 369 g/mol. The van der Waals surface area contributed by atoms with Crippen molar-refractivity contribution in [3.05, 3.63) is 34.6 Å². The number of likely N-dealkylation sites (tertiary alicyclic amines) is 2. The Hall–Kier alpha value is -2.28. The fraction of sp³-hybridized carbons (Fsp3) is 0.600. The van der Waals surface area contributed by atoms with Crippen LogP contribution in [-0.4, -0.2) is 63.4 Å². The third-order valence-electron chi connectivity index (χ3n) is 5.85. The molecule has 7 nitrogen and oxygen atoms in total. The average Bonchev–Trinajstić information content (AvgIpc) is 2.69. The molecule has 2 aromatic rings. The van der Waals surface area contributed by atoms with E-state index in [1.54, 1.807) is 12.1 Å². The number of fused-ring (bicyclic) bond motifs is 1. The molecule has 2 saturated heterocycles. The van der Waals surface area contributed by atoms with Gasteiger partial charge in [-0.05, 0) is 50.3 Å². The quantitative estimate of drug-likeness (QED) is 0.823. The Morgan fingerprint density at radius 3 is 2.70 bits per heavy atom. The summed E-state index contributed by atoms with van der Waals surface area (Å²) in [6.45, 7) is 6.16. The van der Waals surface area contributed by atoms with E-state index in [4.69, 9.17) is 0 Å². The topological polar surface area (TPSA) is 71.3 Å². The summed E-state index contributed by atoms with van der Waals surface area (Å²) in [6, 6.07) is 7.30. The first-order valence-corrected chi connectivity index (χ1v) is 9.96. The number of benzene rings is 1. The minimum Gasteiger partial charge on any atom is -0.341 e. The molecule has 3 heterocycles. The lowest BCUT2D eigenvalue weighted by molar-refractivity contribution is -0.134. The van der Waals surface area contributed by atoms with Crippen LogP contribution in [0.25, 0.3) is 10.9 Å². The highest BCUT2D eigenvalue weighted by Crippen LogP contribution is 2.21. The van der Waals surface area contributed by atoms with E-state index >= 15 is 0 Å². The Morgan fingerprint density at radius 2 is 1.93 bits per heavy atom. The lowest BCUT2D eigenvalue weighted by atomic mass is 10.0. The molecule has 0 spiro atoms. The highest BCUT2D eigenvalue weighted by molar-refractivity contribution is 5.78. The van der Waals surface area contributed by atoms with Gasteiger partial charge >= 0.3 is 0 Å². The minimum atomic E-state index is -0.0901. The minimum absolute atomic E-state index is 0.00802. The third-order valence-corrected chi connectivity index (χ3v) is 5.85. The summed E-state index contributed by atoms with van der Waals surface area (Å²) in [5.41, 5.74) is 0.537. The van der Waals surface area contributed by atoms with Crippen molar-refractivity contribution in [2.75, 3.05) is 32.7 Å². The van der Waals surface area contributed by atoms with Crippen LogP contribution >= 0.6 is 0 Å². The van der Waals surface area contributed by atoms with E-state index in [0.29, 0.717) is 36.5 Å². The summed E-state index contributed by atoms with van der Waals surface area (Å²) in [5.74, 6) is 0.884. The lowest BCUT2D eigenvalue weighted by Crippen LogP contribution is -2.47. The summed E-state index contributed by atoms with van der Waals surface area (Å²) in [5, 5.41) is 8.93. The molecule has 0 bridgehead atoms. The SMILES string of the molecule is C[C@@H]1CCCN(CC(=O)N2CCC(n3nnc4ccccc4c3=O)CC2)C1. The molecule has 0 saturated carbocycles. The van der Waals surface area contributed by atoms with E-state index in [1.807, 2.05) is 17.0 Å². The van der Waals surface area contributed by atoms with Gasteiger partial charge < -0.3 is 4.90 Å². The number of piperidine rings is 2. The Kier molecular flexibility index (Phi) is 5.20. The maximum Gasteiger partial charge on any atom is 0.277 e. The van der Waals surface area contributed by atoms with E-state index in [9.17, 15) is 9.59 Å². The van der Waals surface area contributed by atoms with Crippen LogP contribution < -0.4 is 5.56 Å². The zero-order valence-electron chi connectivity index (χ0n) is 15.9. The zero-order valence-corrected chi connectivity index (χ0v) is 15.9. The Bertz CT molecular complexity index is 872. The molecule has 1 atom stereocenters. The smallest absolute Gasteiger partial charge is 0.277 e. The number of aromatic nitrogens is 3. The normalized spacial score (nSPS) is 22.3. The lowest BCUT2D eigenvalue weighted by Gasteiger charge is -2.35. The van der Waals surface area contributed by atoms with Gasteiger partial charge in [-0.25, -0.2) is 4.68 Å². The van der Waals surface area contributed by atoms with Crippen molar-refractivity contribution >= 4 is 16.8 Å². The van der Waals surface area contributed by atoms with Crippen LogP contribution in [0, 0.1) is 5.92 Å². The highest BCUT2D eigenvalue weighted by atomic mass is 16.2. The van der Waals surface area contributed by atoms with Crippen molar-refractivity contribution in [3.8, 4) is 0 Å². The van der Waals surface area contributed by atoms with Gasteiger partial charge in [-0.3, -0.25) is 14.5 Å². The van der Waals surface area contributed by atoms with Crippen molar-refractivity contribution in [3.63, 3.8) is 0 Å². The first-order valence-electron chi connectivity index (χ1n) is 9.96. The average molecular weight is 369 g/mol. The predicted octanol–water partition coefficient (Wildman–Crippen LogP) is 1.69. The van der Waals surface area contributed by atoms with Crippen LogP contribution in [-0.2, 0) is 4.79 Å². The molecule has 7 heteroatoms. The molecule has 1 aromatic carbocycles. The van der Waals surface area contributed by atoms with Gasteiger partial charge in [0.15, 0.2) is 0 Å². The Morgan fingerprint density at radius 1 is 1.15 bits per heavy atom. The summed E-state index contributed by atoms with van der Waals surface area (Å²) < 4.78 is 1.51. The number of carbonyl (C=O) groups excluding carboxylic acids is 1. The molecule has 2 aliphatic rings. The number of hydrogen-bond acceptors (Lipinski definition) is 5. The van der Waals surface area contributed by atoms with Crippen LogP contribution in [0.3, 0.4) is 0 Å². The van der Waals surface area contributed by atoms with Crippen LogP contribution in [0.1, 0.15) is 38.6 Å². The van der Waals surface area contributed by atoms with Gasteiger partial charge in [-0.2, -0.15) is 0 Å². The molecule has 0 unspecified atom stereocenters. The van der Waals surface area contributed by atoms with Gasteiger partial charge in [-0.1, -0.05) is 24.3 Å². The predicted molar refractivity (Wildman–Crippen MR) is 103 cm³/mol. The van der Waals surface area contributed by atoms with Crippen LogP contribution in [0.4, 0.5) is 0 Å². The summed E-state index contributed by atoms with van der Waals surface area (Å²) in [4.78, 5) is 29.6. The van der Waals surface area contributed by atoms with Gasteiger partial charge in [0, 0.05) is 19.6 Å². The summed E-state index contributed by atoms with van der Waals surface area (Å²) >= 11 is 0. The van der Waals surface area contributed by atoms with Crippen LogP contribution in [0.2, 0.25) is 0 Å². The maximum atomic E-state index is 12.7. The molecule has 4 rings (SSSR count). The van der Waals surface area contributed by atoms with E-state index in [1.165, 1.54) is 17.5 Å². The number of hydrogen-bond donors (Lipinski definition) is 0. The maximum absolute atomic E-state index is 12.7. The number of rotatable bonds is 3. The highest BCUT2D eigenvalue weighted by Gasteiger charge is 2.27. The molecule has 0 radical (unpaired) electrons. The molecule has 1 amide bonds. The molecule has 0 aliphatic carbocycles. The van der Waals surface area contributed by atoms with Crippen molar-refractivity contribution in [2.24, 2.45) is 5.92 Å². The Balaban J connectivity index is 1.38. The molecule has 144 valence electrons. The summed E-state index contributed by atoms with van der Waals surface area (Å²) in [7, 11) is 0. The Labute approximate surface area is 158 Å². The van der Waals surface area contributed by atoms with Crippen molar-refractivity contribution in [1.29, 1.82) is 0 Å². The number of amides is 1. The molecule has 0 N–H and O–H groups in total. The van der Waals surface area contributed by atoms with Crippen LogP contribution in [0.5, 0.6) is 0 Å². The second kappa shape index (κ2) is 7.76. The zero-order chi connectivity index (χ0) is 18.8. The second-order valence-corrected chi connectivity index (χ2v) is 7.95. The largest absolute Gasteiger partial charge is 0.341 e. The standard InChI is InChI=1S/C20H27N5O2/c1-15-5-4-10-23(13-15)14-19(26)24-11-8-16(9-12-24)25-20(27)17-6-2-3-7-18(17)21-22-25/h2-3,6-7,15-16H,4-5,8-14H2,1H3/t15-/m1/s1. The van der Waals surface area contributed by atoms with Gasteiger partial charge in [0.05, 0.1) is 18.0 Å². The number of carbonyl (C=O) groups is 1. The van der Waals surface area contributed by atoms with Crippen molar-refractivity contribution in [1.82, 2.24) is 24.8 Å². The molecule has 1 aromatic heterocycles. The summed E-state index contributed by atoms with van der Waals surface area (Å²) in [6.07, 6.45) is 3.93. The third kappa shape index (κ3) is 3.88. The molecular formula is C20H27N5O2. The van der Waals surface area contributed by atoms with Crippen LogP contribution in [0.15, 0.2) is 29.1 Å². The fourth-order valence-electron chi connectivity index (χ4n) is 4.32. The first-order chi connectivity index (χ1) is 13.1. The molecule has 2 aliphatic heterocycles. The van der Waals surface area contributed by atoms with Crippen molar-refractivity contribution < 1.29 is 4.79 Å². The van der Waals surface area contributed by atoms with E-state index in [2.05, 4.69) is 22.1 Å². The van der Waals surface area contributed by atoms with Gasteiger partial charge in [0.1, 0.15) is 5.52 Å². The van der Waals surface area contributed by atoms with E-state index in [-0.39, 0.29) is 17.5 Å². The molecule has 2 fully saturated rings. The second-order valence-electron chi connectivity index (χ2n) is 7.95. The van der Waals surface area contributed by atoms with Crippen molar-refractivity contribution in [2.45, 2.75) is 38.6 Å². The van der Waals surface area contributed by atoms with Gasteiger partial charge in [-0.15, -0.1) is 5.10 Å². The molecular weight excluding hydrogens is 342 g/mol. The molecule has 27 heavy (non-hydrogen) atoms. The van der Waals surface area contributed by atoms with Gasteiger partial charge in [0.25, 0.3) is 5.56 Å².